The summed E-state index contributed by atoms with van der Waals surface area (Å²) >= 11 is 0. The number of ether oxygens (including phenoxy) is 1. The predicted molar refractivity (Wildman–Crippen MR) is 115 cm³/mol. The van der Waals surface area contributed by atoms with Crippen LogP contribution in [0.2, 0.25) is 18.1 Å². The van der Waals surface area contributed by atoms with Crippen molar-refractivity contribution in [1.82, 2.24) is 0 Å². The lowest BCUT2D eigenvalue weighted by Crippen LogP contribution is -2.50. The molecule has 1 N–H and O–H groups in total. The second-order valence-corrected chi connectivity index (χ2v) is 15.9. The number of Topliss-reactive ketones (excluding diaryl/α,β-unsaturated/α-hetero) is 1. The average molecular weight is 421 g/mol. The van der Waals surface area contributed by atoms with Crippen molar-refractivity contribution in [1.29, 1.82) is 0 Å². The fraction of sp³-hybridized carbons (Fsp3) is 0.739. The van der Waals surface area contributed by atoms with Gasteiger partial charge in [0.15, 0.2) is 14.1 Å². The van der Waals surface area contributed by atoms with Crippen LogP contribution in [0.25, 0.3) is 0 Å². The van der Waals surface area contributed by atoms with Gasteiger partial charge in [0.1, 0.15) is 11.7 Å². The lowest BCUT2D eigenvalue weighted by molar-refractivity contribution is -0.149. The van der Waals surface area contributed by atoms with Crippen molar-refractivity contribution < 1.29 is 23.9 Å². The molecular weight excluding hydrogens is 384 g/mol. The van der Waals surface area contributed by atoms with Crippen LogP contribution < -0.4 is 0 Å². The molecule has 1 saturated carbocycles. The zero-order chi connectivity index (χ0) is 22.2. The Labute approximate surface area is 175 Å². The van der Waals surface area contributed by atoms with Gasteiger partial charge >= 0.3 is 5.97 Å². The first kappa shape index (κ1) is 22.4. The summed E-state index contributed by atoms with van der Waals surface area (Å²) in [5.41, 5.74) is -0.331. The van der Waals surface area contributed by atoms with Gasteiger partial charge in [-0.15, -0.1) is 0 Å². The Balaban J connectivity index is 2.06. The molecule has 0 aromatic carbocycles. The second kappa shape index (κ2) is 6.38. The third kappa shape index (κ3) is 3.18. The molecule has 0 saturated heterocycles. The van der Waals surface area contributed by atoms with E-state index in [4.69, 9.17) is 9.16 Å². The largest absolute Gasteiger partial charge is 0.457 e. The van der Waals surface area contributed by atoms with Gasteiger partial charge in [-0.2, -0.15) is 0 Å². The lowest BCUT2D eigenvalue weighted by atomic mass is 9.67. The van der Waals surface area contributed by atoms with Crippen molar-refractivity contribution in [3.8, 4) is 0 Å². The minimum atomic E-state index is -2.04. The molecule has 0 aliphatic heterocycles. The van der Waals surface area contributed by atoms with Crippen LogP contribution in [0.4, 0.5) is 0 Å². The zero-order valence-electron chi connectivity index (χ0n) is 19.4. The van der Waals surface area contributed by atoms with Gasteiger partial charge in [0.05, 0.1) is 0 Å². The third-order valence-corrected chi connectivity index (χ3v) is 12.4. The van der Waals surface area contributed by atoms with E-state index >= 15 is 0 Å². The van der Waals surface area contributed by atoms with Crippen LogP contribution >= 0.6 is 0 Å². The van der Waals surface area contributed by atoms with Gasteiger partial charge in [-0.3, -0.25) is 9.59 Å². The average Bonchev–Trinajstić information content (AvgIpc) is 3.33. The van der Waals surface area contributed by atoms with Gasteiger partial charge in [-0.1, -0.05) is 32.4 Å². The Morgan fingerprint density at radius 1 is 1.28 bits per heavy atom. The molecule has 0 aromatic rings. The monoisotopic (exact) mass is 420 g/mol. The quantitative estimate of drug-likeness (QED) is 0.542. The summed E-state index contributed by atoms with van der Waals surface area (Å²) in [5, 5.41) is 11.1. The van der Waals surface area contributed by atoms with Crippen molar-refractivity contribution in [2.24, 2.45) is 10.8 Å². The summed E-state index contributed by atoms with van der Waals surface area (Å²) in [6, 6.07) is 0. The Morgan fingerprint density at radius 2 is 1.83 bits per heavy atom. The minimum Gasteiger partial charge on any atom is -0.457 e. The van der Waals surface area contributed by atoms with E-state index in [1.165, 1.54) is 6.92 Å². The zero-order valence-corrected chi connectivity index (χ0v) is 20.4. The van der Waals surface area contributed by atoms with E-state index in [1.807, 2.05) is 19.9 Å². The SMILES string of the molecule is CC(=O)OC1C2=C(C)C3(CC3)C(C)(O)C(=O)C2=CC1(C)CO[Si](C)(C)C(C)(C)C. The number of aliphatic hydroxyl groups is 1. The first-order valence-electron chi connectivity index (χ1n) is 10.5. The molecule has 1 fully saturated rings. The molecule has 29 heavy (non-hydrogen) atoms. The lowest BCUT2D eigenvalue weighted by Gasteiger charge is -2.41. The van der Waals surface area contributed by atoms with Gasteiger partial charge in [-0.25, -0.2) is 0 Å². The molecule has 3 aliphatic rings. The Kier molecular flexibility index (Phi) is 4.94. The van der Waals surface area contributed by atoms with Crippen molar-refractivity contribution >= 4 is 20.1 Å². The maximum absolute atomic E-state index is 13.3. The van der Waals surface area contributed by atoms with Gasteiger partial charge in [0.25, 0.3) is 0 Å². The molecule has 3 rings (SSSR count). The van der Waals surface area contributed by atoms with Crippen LogP contribution in [0, 0.1) is 10.8 Å². The number of hydrogen-bond acceptors (Lipinski definition) is 5. The third-order valence-electron chi connectivity index (χ3n) is 7.95. The fourth-order valence-corrected chi connectivity index (χ4v) is 5.76. The maximum Gasteiger partial charge on any atom is 0.303 e. The number of rotatable bonds is 4. The highest BCUT2D eigenvalue weighted by atomic mass is 28.4. The molecule has 1 spiro atoms. The van der Waals surface area contributed by atoms with Crippen LogP contribution in [-0.2, 0) is 18.8 Å². The molecule has 0 bridgehead atoms. The summed E-state index contributed by atoms with van der Waals surface area (Å²) in [6.45, 7) is 18.3. The highest BCUT2D eigenvalue weighted by Crippen LogP contribution is 2.65. The normalized spacial score (nSPS) is 33.7. The first-order chi connectivity index (χ1) is 13.0. The van der Waals surface area contributed by atoms with Gasteiger partial charge in [-0.05, 0) is 51.7 Å². The highest BCUT2D eigenvalue weighted by Gasteiger charge is 2.67. The van der Waals surface area contributed by atoms with Gasteiger partial charge in [0.2, 0.25) is 0 Å². The number of carbonyl (C=O) groups excluding carboxylic acids is 2. The molecule has 6 heteroatoms. The van der Waals surface area contributed by atoms with Crippen LogP contribution in [0.1, 0.15) is 61.3 Å². The molecule has 3 aliphatic carbocycles. The summed E-state index contributed by atoms with van der Waals surface area (Å²) < 4.78 is 12.3. The molecule has 3 unspecified atom stereocenters. The van der Waals surface area contributed by atoms with E-state index in [1.54, 1.807) is 6.92 Å². The van der Waals surface area contributed by atoms with Crippen LogP contribution in [0.3, 0.4) is 0 Å². The van der Waals surface area contributed by atoms with E-state index < -0.39 is 30.9 Å². The minimum absolute atomic E-state index is 0.0472. The number of esters is 1. The smallest absolute Gasteiger partial charge is 0.303 e. The molecule has 162 valence electrons. The van der Waals surface area contributed by atoms with Crippen molar-refractivity contribution in [3.05, 3.63) is 22.8 Å². The molecule has 0 heterocycles. The van der Waals surface area contributed by atoms with E-state index in [2.05, 4.69) is 33.9 Å². The van der Waals surface area contributed by atoms with E-state index in [9.17, 15) is 14.7 Å². The van der Waals surface area contributed by atoms with Crippen LogP contribution in [0.15, 0.2) is 22.8 Å². The predicted octanol–water partition coefficient (Wildman–Crippen LogP) is 4.32. The highest BCUT2D eigenvalue weighted by molar-refractivity contribution is 6.74. The topological polar surface area (TPSA) is 72.8 Å². The molecule has 0 aromatic heterocycles. The molecule has 0 amide bonds. The van der Waals surface area contributed by atoms with Crippen molar-refractivity contribution in [3.63, 3.8) is 0 Å². The Bertz CT molecular complexity index is 823. The van der Waals surface area contributed by atoms with E-state index in [-0.39, 0.29) is 16.8 Å². The van der Waals surface area contributed by atoms with Gasteiger partial charge in [0, 0.05) is 35.5 Å². The standard InChI is InChI=1S/C23H36O5Si/c1-14-17-16(18(25)22(7,26)23(14)10-11-23)12-21(6,19(17)28-15(2)24)13-27-29(8,9)20(3,4)5/h12,19,26H,10-11,13H2,1-9H3. The van der Waals surface area contributed by atoms with Gasteiger partial charge < -0.3 is 14.3 Å². The van der Waals surface area contributed by atoms with Crippen molar-refractivity contribution in [2.75, 3.05) is 6.61 Å². The van der Waals surface area contributed by atoms with Crippen LogP contribution in [-0.4, -0.2) is 43.5 Å². The number of ketones is 1. The van der Waals surface area contributed by atoms with Crippen LogP contribution in [0.5, 0.6) is 0 Å². The fourth-order valence-electron chi connectivity index (χ4n) is 4.66. The number of carbonyl (C=O) groups is 2. The summed E-state index contributed by atoms with van der Waals surface area (Å²) in [4.78, 5) is 25.3. The number of hydrogen-bond donors (Lipinski definition) is 1. The Hall–Kier alpha value is -1.24. The number of fused-ring (bicyclic) bond motifs is 1. The van der Waals surface area contributed by atoms with E-state index in [0.717, 1.165) is 24.0 Å². The molecule has 3 atom stereocenters. The maximum atomic E-state index is 13.3. The Morgan fingerprint density at radius 3 is 2.28 bits per heavy atom. The van der Waals surface area contributed by atoms with Crippen molar-refractivity contribution in [2.45, 2.75) is 91.1 Å². The summed E-state index contributed by atoms with van der Waals surface area (Å²) in [6.07, 6.45) is 2.87. The molecule has 5 nitrogen and oxygen atoms in total. The summed E-state index contributed by atoms with van der Waals surface area (Å²) in [5.74, 6) is -0.637. The van der Waals surface area contributed by atoms with E-state index in [0.29, 0.717) is 12.2 Å². The molecule has 0 radical (unpaired) electrons. The molecular formula is C23H36O5Si. The first-order valence-corrected chi connectivity index (χ1v) is 13.4. The second-order valence-electron chi connectivity index (χ2n) is 11.1. The summed E-state index contributed by atoms with van der Waals surface area (Å²) in [7, 11) is -2.04.